The molecule has 1 saturated heterocycles. The van der Waals surface area contributed by atoms with E-state index in [0.717, 1.165) is 17.5 Å². The van der Waals surface area contributed by atoms with Crippen LogP contribution in [-0.4, -0.2) is 53.7 Å². The summed E-state index contributed by atoms with van der Waals surface area (Å²) in [4.78, 5) is 40.4. The number of halogens is 1. The van der Waals surface area contributed by atoms with Crippen molar-refractivity contribution in [3.8, 4) is 0 Å². The fourth-order valence-electron chi connectivity index (χ4n) is 3.45. The lowest BCUT2D eigenvalue weighted by molar-refractivity contribution is -0.146. The van der Waals surface area contributed by atoms with Gasteiger partial charge in [-0.15, -0.1) is 0 Å². The molecule has 1 N–H and O–H groups in total. The molecule has 0 bridgehead atoms. The van der Waals surface area contributed by atoms with Crippen molar-refractivity contribution in [1.29, 1.82) is 0 Å². The first-order valence-electron chi connectivity index (χ1n) is 8.93. The first kappa shape index (κ1) is 18.7. The Labute approximate surface area is 158 Å². The molecule has 26 heavy (non-hydrogen) atoms. The number of carbonyl (C=O) groups is 3. The summed E-state index contributed by atoms with van der Waals surface area (Å²) < 4.78 is 0. The molecule has 1 saturated carbocycles. The lowest BCUT2D eigenvalue weighted by Gasteiger charge is -2.34. The van der Waals surface area contributed by atoms with E-state index in [4.69, 9.17) is 11.6 Å². The van der Waals surface area contributed by atoms with Gasteiger partial charge < -0.3 is 15.1 Å². The normalized spacial score (nSPS) is 22.2. The summed E-state index contributed by atoms with van der Waals surface area (Å²) >= 11 is 6.00. The monoisotopic (exact) mass is 377 g/mol. The van der Waals surface area contributed by atoms with E-state index in [1.54, 1.807) is 12.1 Å². The Kier molecular flexibility index (Phi) is 5.23. The number of piperazine rings is 1. The lowest BCUT2D eigenvalue weighted by atomic mass is 10.1. The predicted octanol–water partition coefficient (Wildman–Crippen LogP) is 2.22. The topological polar surface area (TPSA) is 69.7 Å². The Hall–Kier alpha value is -2.08. The third kappa shape index (κ3) is 3.85. The number of hydrogen-bond donors (Lipinski definition) is 1. The predicted molar refractivity (Wildman–Crippen MR) is 100.0 cm³/mol. The highest BCUT2D eigenvalue weighted by Gasteiger charge is 2.42. The standard InChI is InChI=1S/C19H24ClN3O3/c1-11-10-15(11)18(25)22-4-6-23(7-5-22)19(26)17(24)21-16-12(2)8-14(20)9-13(16)3/h8-9,11,15H,4-7,10H2,1-3H3,(H,21,24)/t11-,15+/m1/s1. The number of nitrogens with one attached hydrogen (secondary N) is 1. The first-order valence-corrected chi connectivity index (χ1v) is 9.31. The van der Waals surface area contributed by atoms with Crippen molar-refractivity contribution < 1.29 is 14.4 Å². The van der Waals surface area contributed by atoms with Gasteiger partial charge in [-0.3, -0.25) is 14.4 Å². The summed E-state index contributed by atoms with van der Waals surface area (Å²) in [5.74, 6) is -0.420. The molecule has 2 aliphatic rings. The third-order valence-corrected chi connectivity index (χ3v) is 5.45. The number of hydrogen-bond acceptors (Lipinski definition) is 3. The van der Waals surface area contributed by atoms with Gasteiger partial charge in [0, 0.05) is 42.8 Å². The Balaban J connectivity index is 1.57. The van der Waals surface area contributed by atoms with Crippen molar-refractivity contribution in [2.75, 3.05) is 31.5 Å². The van der Waals surface area contributed by atoms with E-state index in [1.165, 1.54) is 4.90 Å². The highest BCUT2D eigenvalue weighted by molar-refractivity contribution is 6.39. The lowest BCUT2D eigenvalue weighted by Crippen LogP contribution is -2.53. The van der Waals surface area contributed by atoms with Crippen molar-refractivity contribution >= 4 is 35.0 Å². The van der Waals surface area contributed by atoms with Crippen LogP contribution < -0.4 is 5.32 Å². The van der Waals surface area contributed by atoms with Crippen LogP contribution in [0.5, 0.6) is 0 Å². The number of benzene rings is 1. The van der Waals surface area contributed by atoms with E-state index in [2.05, 4.69) is 12.2 Å². The van der Waals surface area contributed by atoms with Crippen LogP contribution in [0.2, 0.25) is 5.02 Å². The zero-order valence-electron chi connectivity index (χ0n) is 15.3. The van der Waals surface area contributed by atoms with Gasteiger partial charge in [0.05, 0.1) is 0 Å². The van der Waals surface area contributed by atoms with Crippen LogP contribution >= 0.6 is 11.6 Å². The fraction of sp³-hybridized carbons (Fsp3) is 0.526. The van der Waals surface area contributed by atoms with Crippen molar-refractivity contribution in [1.82, 2.24) is 9.80 Å². The van der Waals surface area contributed by atoms with Crippen LogP contribution in [0.15, 0.2) is 12.1 Å². The van der Waals surface area contributed by atoms with Crippen LogP contribution in [-0.2, 0) is 14.4 Å². The molecule has 0 aromatic heterocycles. The van der Waals surface area contributed by atoms with Gasteiger partial charge in [-0.05, 0) is 49.4 Å². The summed E-state index contributed by atoms with van der Waals surface area (Å²) in [5.41, 5.74) is 2.24. The van der Waals surface area contributed by atoms with Gasteiger partial charge >= 0.3 is 11.8 Å². The molecule has 0 radical (unpaired) electrons. The number of nitrogens with zero attached hydrogens (tertiary/aromatic N) is 2. The maximum atomic E-state index is 12.5. The van der Waals surface area contributed by atoms with Crippen LogP contribution in [0.1, 0.15) is 24.5 Å². The molecule has 6 nitrogen and oxygen atoms in total. The molecule has 3 rings (SSSR count). The van der Waals surface area contributed by atoms with Crippen molar-refractivity contribution in [3.05, 3.63) is 28.3 Å². The Morgan fingerprint density at radius 1 is 1.04 bits per heavy atom. The van der Waals surface area contributed by atoms with Crippen molar-refractivity contribution in [3.63, 3.8) is 0 Å². The molecule has 1 aromatic carbocycles. The summed E-state index contributed by atoms with van der Waals surface area (Å²) in [6.45, 7) is 7.49. The minimum absolute atomic E-state index is 0.149. The molecule has 2 fully saturated rings. The third-order valence-electron chi connectivity index (χ3n) is 5.24. The largest absolute Gasteiger partial charge is 0.339 e. The number of carbonyl (C=O) groups excluding carboxylic acids is 3. The minimum Gasteiger partial charge on any atom is -0.339 e. The molecule has 7 heteroatoms. The molecule has 1 aliphatic carbocycles. The quantitative estimate of drug-likeness (QED) is 0.803. The SMILES string of the molecule is Cc1cc(Cl)cc(C)c1NC(=O)C(=O)N1CCN(C(=O)[C@H]2C[C@H]2C)CC1. The second-order valence-electron chi connectivity index (χ2n) is 7.31. The Bertz CT molecular complexity index is 733. The number of rotatable bonds is 2. The average molecular weight is 378 g/mol. The first-order chi connectivity index (χ1) is 12.3. The van der Waals surface area contributed by atoms with Crippen molar-refractivity contribution in [2.45, 2.75) is 27.2 Å². The van der Waals surface area contributed by atoms with Gasteiger partial charge in [0.1, 0.15) is 0 Å². The zero-order valence-corrected chi connectivity index (χ0v) is 16.1. The van der Waals surface area contributed by atoms with Gasteiger partial charge in [0.25, 0.3) is 0 Å². The number of aryl methyl sites for hydroxylation is 2. The van der Waals surface area contributed by atoms with Crippen LogP contribution in [0, 0.1) is 25.7 Å². The van der Waals surface area contributed by atoms with E-state index in [1.807, 2.05) is 18.7 Å². The van der Waals surface area contributed by atoms with Crippen molar-refractivity contribution in [2.24, 2.45) is 11.8 Å². The van der Waals surface area contributed by atoms with E-state index in [-0.39, 0.29) is 11.8 Å². The van der Waals surface area contributed by atoms with E-state index >= 15 is 0 Å². The molecule has 1 aromatic rings. The smallest absolute Gasteiger partial charge is 0.313 e. The number of anilines is 1. The highest BCUT2D eigenvalue weighted by Crippen LogP contribution is 2.39. The molecule has 1 heterocycles. The zero-order chi connectivity index (χ0) is 19.0. The van der Waals surface area contributed by atoms with E-state index in [9.17, 15) is 14.4 Å². The summed E-state index contributed by atoms with van der Waals surface area (Å²) in [6, 6.07) is 3.50. The maximum absolute atomic E-state index is 12.5. The summed E-state index contributed by atoms with van der Waals surface area (Å²) in [6.07, 6.45) is 0.959. The second-order valence-corrected chi connectivity index (χ2v) is 7.74. The summed E-state index contributed by atoms with van der Waals surface area (Å²) in [7, 11) is 0. The average Bonchev–Trinajstić information content (AvgIpc) is 3.33. The number of amides is 3. The van der Waals surface area contributed by atoms with Gasteiger partial charge in [0.15, 0.2) is 0 Å². The molecule has 3 amide bonds. The fourth-order valence-corrected chi connectivity index (χ4v) is 3.78. The van der Waals surface area contributed by atoms with Gasteiger partial charge in [-0.25, -0.2) is 0 Å². The van der Waals surface area contributed by atoms with Gasteiger partial charge in [-0.1, -0.05) is 18.5 Å². The molecular weight excluding hydrogens is 354 g/mol. The maximum Gasteiger partial charge on any atom is 0.313 e. The second kappa shape index (κ2) is 7.27. The summed E-state index contributed by atoms with van der Waals surface area (Å²) in [5, 5.41) is 3.29. The Morgan fingerprint density at radius 2 is 1.54 bits per heavy atom. The van der Waals surface area contributed by atoms with Crippen LogP contribution in [0.4, 0.5) is 5.69 Å². The van der Waals surface area contributed by atoms with Crippen LogP contribution in [0.25, 0.3) is 0 Å². The molecule has 0 unspecified atom stereocenters. The van der Waals surface area contributed by atoms with E-state index < -0.39 is 11.8 Å². The molecule has 1 aliphatic heterocycles. The van der Waals surface area contributed by atoms with E-state index in [0.29, 0.717) is 42.8 Å². The molecule has 2 atom stereocenters. The molecule has 140 valence electrons. The highest BCUT2D eigenvalue weighted by atomic mass is 35.5. The minimum atomic E-state index is -0.658. The Morgan fingerprint density at radius 3 is 2.04 bits per heavy atom. The molecular formula is C19H24ClN3O3. The van der Waals surface area contributed by atoms with Crippen LogP contribution in [0.3, 0.4) is 0 Å². The van der Waals surface area contributed by atoms with Gasteiger partial charge in [-0.2, -0.15) is 0 Å². The van der Waals surface area contributed by atoms with Gasteiger partial charge in [0.2, 0.25) is 5.91 Å². The molecule has 0 spiro atoms.